The van der Waals surface area contributed by atoms with Gasteiger partial charge < -0.3 is 4.74 Å². The van der Waals surface area contributed by atoms with Crippen LogP contribution in [0, 0.1) is 5.82 Å². The first-order chi connectivity index (χ1) is 13.6. The second-order valence-corrected chi connectivity index (χ2v) is 6.53. The SMILES string of the molecule is CCCOc1ccccc1C(=O)N(Cc1c(F)cccc1Cl)c1ccccn1. The number of ether oxygens (including phenoxy) is 1. The van der Waals surface area contributed by atoms with E-state index in [1.54, 1.807) is 54.7 Å². The standard InChI is InChI=1S/C22H20ClFN2O2/c1-2-14-28-20-11-4-3-8-16(20)22(27)26(21-12-5-6-13-25-21)15-17-18(23)9-7-10-19(17)24/h3-13H,2,14-15H2,1H3. The highest BCUT2D eigenvalue weighted by molar-refractivity contribution is 6.31. The molecule has 0 aliphatic heterocycles. The maximum absolute atomic E-state index is 14.4. The Bertz CT molecular complexity index is 930. The summed E-state index contributed by atoms with van der Waals surface area (Å²) in [6.45, 7) is 2.43. The van der Waals surface area contributed by atoms with Gasteiger partial charge in [0, 0.05) is 16.8 Å². The summed E-state index contributed by atoms with van der Waals surface area (Å²) >= 11 is 6.19. The molecule has 0 saturated carbocycles. The number of anilines is 1. The van der Waals surface area contributed by atoms with Crippen LogP contribution in [0.4, 0.5) is 10.2 Å². The number of carbonyl (C=O) groups is 1. The average Bonchev–Trinajstić information content (AvgIpc) is 2.72. The summed E-state index contributed by atoms with van der Waals surface area (Å²) in [5, 5.41) is 0.254. The molecule has 0 fully saturated rings. The van der Waals surface area contributed by atoms with Crippen molar-refractivity contribution in [3.05, 3.63) is 88.8 Å². The quantitative estimate of drug-likeness (QED) is 0.527. The zero-order valence-corrected chi connectivity index (χ0v) is 16.2. The maximum atomic E-state index is 14.4. The average molecular weight is 399 g/mol. The van der Waals surface area contributed by atoms with Crippen LogP contribution >= 0.6 is 11.6 Å². The van der Waals surface area contributed by atoms with Gasteiger partial charge in [0.1, 0.15) is 17.4 Å². The summed E-state index contributed by atoms with van der Waals surface area (Å²) in [5.74, 6) is 0.0634. The zero-order chi connectivity index (χ0) is 19.9. The fourth-order valence-electron chi connectivity index (χ4n) is 2.74. The summed E-state index contributed by atoms with van der Waals surface area (Å²) in [5.41, 5.74) is 0.615. The highest BCUT2D eigenvalue weighted by Crippen LogP contribution is 2.27. The largest absolute Gasteiger partial charge is 0.493 e. The predicted molar refractivity (Wildman–Crippen MR) is 108 cm³/mol. The molecular formula is C22H20ClFN2O2. The van der Waals surface area contributed by atoms with Gasteiger partial charge in [0.05, 0.1) is 18.7 Å². The van der Waals surface area contributed by atoms with Crippen LogP contribution in [0.1, 0.15) is 29.3 Å². The minimum absolute atomic E-state index is 0.0521. The molecule has 3 rings (SSSR count). The molecule has 0 bridgehead atoms. The lowest BCUT2D eigenvalue weighted by atomic mass is 10.1. The first-order valence-electron chi connectivity index (χ1n) is 8.99. The Morgan fingerprint density at radius 3 is 2.61 bits per heavy atom. The van der Waals surface area contributed by atoms with E-state index >= 15 is 0 Å². The van der Waals surface area contributed by atoms with Gasteiger partial charge in [0.15, 0.2) is 0 Å². The molecule has 0 radical (unpaired) electrons. The summed E-state index contributed by atoms with van der Waals surface area (Å²) in [4.78, 5) is 19.1. The Morgan fingerprint density at radius 2 is 1.89 bits per heavy atom. The van der Waals surface area contributed by atoms with Crippen molar-refractivity contribution in [2.75, 3.05) is 11.5 Å². The molecule has 0 unspecified atom stereocenters. The van der Waals surface area contributed by atoms with E-state index < -0.39 is 5.82 Å². The minimum atomic E-state index is -0.475. The Hall–Kier alpha value is -2.92. The predicted octanol–water partition coefficient (Wildman–Crippen LogP) is 5.51. The van der Waals surface area contributed by atoms with Gasteiger partial charge in [0.25, 0.3) is 5.91 Å². The Morgan fingerprint density at radius 1 is 1.11 bits per heavy atom. The molecule has 0 atom stereocenters. The lowest BCUT2D eigenvalue weighted by Crippen LogP contribution is -2.32. The van der Waals surface area contributed by atoms with E-state index in [1.807, 2.05) is 6.92 Å². The molecule has 1 aromatic heterocycles. The van der Waals surface area contributed by atoms with E-state index in [4.69, 9.17) is 16.3 Å². The summed E-state index contributed by atoms with van der Waals surface area (Å²) in [7, 11) is 0. The highest BCUT2D eigenvalue weighted by Gasteiger charge is 2.24. The lowest BCUT2D eigenvalue weighted by Gasteiger charge is -2.24. The van der Waals surface area contributed by atoms with E-state index in [0.717, 1.165) is 6.42 Å². The maximum Gasteiger partial charge on any atom is 0.263 e. The lowest BCUT2D eigenvalue weighted by molar-refractivity contribution is 0.0980. The molecule has 28 heavy (non-hydrogen) atoms. The topological polar surface area (TPSA) is 42.4 Å². The number of amides is 1. The normalized spacial score (nSPS) is 10.5. The number of aromatic nitrogens is 1. The van der Waals surface area contributed by atoms with Crippen molar-refractivity contribution in [3.8, 4) is 5.75 Å². The van der Waals surface area contributed by atoms with E-state index in [9.17, 15) is 9.18 Å². The molecule has 0 spiro atoms. The van der Waals surface area contributed by atoms with Gasteiger partial charge >= 0.3 is 0 Å². The van der Waals surface area contributed by atoms with E-state index in [2.05, 4.69) is 4.98 Å². The van der Waals surface area contributed by atoms with Crippen LogP contribution in [-0.2, 0) is 6.54 Å². The molecule has 0 saturated heterocycles. The smallest absolute Gasteiger partial charge is 0.263 e. The summed E-state index contributed by atoms with van der Waals surface area (Å²) in [6.07, 6.45) is 2.40. The van der Waals surface area contributed by atoms with Gasteiger partial charge in [-0.25, -0.2) is 9.37 Å². The molecule has 1 amide bonds. The van der Waals surface area contributed by atoms with Crippen molar-refractivity contribution in [2.24, 2.45) is 0 Å². The summed E-state index contributed by atoms with van der Waals surface area (Å²) < 4.78 is 20.1. The third-order valence-electron chi connectivity index (χ3n) is 4.13. The molecule has 2 aromatic carbocycles. The highest BCUT2D eigenvalue weighted by atomic mass is 35.5. The fourth-order valence-corrected chi connectivity index (χ4v) is 2.96. The third kappa shape index (κ3) is 4.49. The number of para-hydroxylation sites is 1. The van der Waals surface area contributed by atoms with Crippen molar-refractivity contribution < 1.29 is 13.9 Å². The van der Waals surface area contributed by atoms with Crippen molar-refractivity contribution >= 4 is 23.3 Å². The first-order valence-corrected chi connectivity index (χ1v) is 9.37. The van der Waals surface area contributed by atoms with Crippen LogP contribution < -0.4 is 9.64 Å². The second-order valence-electron chi connectivity index (χ2n) is 6.12. The number of benzene rings is 2. The van der Waals surface area contributed by atoms with Crippen LogP contribution in [-0.4, -0.2) is 17.5 Å². The molecular weight excluding hydrogens is 379 g/mol. The minimum Gasteiger partial charge on any atom is -0.493 e. The van der Waals surface area contributed by atoms with Gasteiger partial charge in [-0.05, 0) is 42.8 Å². The Labute approximate surface area is 168 Å². The monoisotopic (exact) mass is 398 g/mol. The number of halogens is 2. The zero-order valence-electron chi connectivity index (χ0n) is 15.4. The first kappa shape index (κ1) is 19.8. The van der Waals surface area contributed by atoms with E-state index in [0.29, 0.717) is 23.7 Å². The summed E-state index contributed by atoms with van der Waals surface area (Å²) in [6, 6.07) is 16.7. The van der Waals surface area contributed by atoms with Crippen LogP contribution in [0.25, 0.3) is 0 Å². The van der Waals surface area contributed by atoms with E-state index in [-0.39, 0.29) is 23.0 Å². The van der Waals surface area contributed by atoms with Crippen LogP contribution in [0.2, 0.25) is 5.02 Å². The molecule has 0 aliphatic rings. The molecule has 3 aromatic rings. The Kier molecular flexibility index (Phi) is 6.61. The van der Waals surface area contributed by atoms with Crippen molar-refractivity contribution in [1.82, 2.24) is 4.98 Å². The van der Waals surface area contributed by atoms with Gasteiger partial charge in [-0.1, -0.05) is 42.8 Å². The number of rotatable bonds is 7. The molecule has 0 N–H and O–H groups in total. The van der Waals surface area contributed by atoms with Gasteiger partial charge in [-0.3, -0.25) is 9.69 Å². The van der Waals surface area contributed by atoms with Gasteiger partial charge in [0.2, 0.25) is 0 Å². The molecule has 144 valence electrons. The van der Waals surface area contributed by atoms with Crippen molar-refractivity contribution in [3.63, 3.8) is 0 Å². The third-order valence-corrected chi connectivity index (χ3v) is 4.48. The number of carbonyl (C=O) groups excluding carboxylic acids is 1. The Balaban J connectivity index is 2.02. The molecule has 6 heteroatoms. The number of hydrogen-bond donors (Lipinski definition) is 0. The second kappa shape index (κ2) is 9.33. The molecule has 0 aliphatic carbocycles. The molecule has 4 nitrogen and oxygen atoms in total. The number of pyridine rings is 1. The van der Waals surface area contributed by atoms with Gasteiger partial charge in [-0.15, -0.1) is 0 Å². The van der Waals surface area contributed by atoms with Crippen LogP contribution in [0.15, 0.2) is 66.9 Å². The fraction of sp³-hybridized carbons (Fsp3) is 0.182. The number of nitrogens with zero attached hydrogens (tertiary/aromatic N) is 2. The number of hydrogen-bond acceptors (Lipinski definition) is 3. The van der Waals surface area contributed by atoms with E-state index in [1.165, 1.54) is 17.0 Å². The van der Waals surface area contributed by atoms with Crippen LogP contribution in [0.5, 0.6) is 5.75 Å². The van der Waals surface area contributed by atoms with Gasteiger partial charge in [-0.2, -0.15) is 0 Å². The van der Waals surface area contributed by atoms with Crippen molar-refractivity contribution in [2.45, 2.75) is 19.9 Å². The van der Waals surface area contributed by atoms with Crippen molar-refractivity contribution in [1.29, 1.82) is 0 Å². The van der Waals surface area contributed by atoms with Crippen LogP contribution in [0.3, 0.4) is 0 Å². The molecule has 1 heterocycles.